The number of ether oxygens (including phenoxy) is 1. The van der Waals surface area contributed by atoms with Crippen LogP contribution < -0.4 is 10.2 Å². The van der Waals surface area contributed by atoms with Gasteiger partial charge in [0.15, 0.2) is 0 Å². The van der Waals surface area contributed by atoms with Gasteiger partial charge in [-0.15, -0.1) is 0 Å². The van der Waals surface area contributed by atoms with Gasteiger partial charge in [-0.2, -0.15) is 5.10 Å². The number of rotatable bonds is 7. The van der Waals surface area contributed by atoms with Gasteiger partial charge in [0, 0.05) is 23.3 Å². The highest BCUT2D eigenvalue weighted by Crippen LogP contribution is 2.21. The minimum Gasteiger partial charge on any atom is -0.507 e. The Morgan fingerprint density at radius 2 is 2.04 bits per heavy atom. The van der Waals surface area contributed by atoms with Crippen LogP contribution in [0, 0.1) is 10.1 Å². The first-order valence-corrected chi connectivity index (χ1v) is 7.55. The maximum Gasteiger partial charge on any atom is 0.271 e. The third kappa shape index (κ3) is 5.03. The van der Waals surface area contributed by atoms with Crippen molar-refractivity contribution >= 4 is 17.8 Å². The molecule has 2 rings (SSSR count). The van der Waals surface area contributed by atoms with Crippen molar-refractivity contribution in [1.29, 1.82) is 0 Å². The van der Waals surface area contributed by atoms with Crippen LogP contribution in [0.5, 0.6) is 11.5 Å². The number of phenolic OH excluding ortho intramolecular Hbond substituents is 1. The molecule has 0 aliphatic carbocycles. The van der Waals surface area contributed by atoms with E-state index in [-0.39, 0.29) is 17.0 Å². The molecule has 130 valence electrons. The molecule has 0 saturated carbocycles. The molecular formula is C17H17N3O5. The Bertz CT molecular complexity index is 787. The Kier molecular flexibility index (Phi) is 6.05. The van der Waals surface area contributed by atoms with Crippen molar-refractivity contribution in [2.45, 2.75) is 13.3 Å². The summed E-state index contributed by atoms with van der Waals surface area (Å²) in [6.45, 7) is 2.60. The number of benzene rings is 2. The molecule has 0 aliphatic heterocycles. The quantitative estimate of drug-likeness (QED) is 0.456. The summed E-state index contributed by atoms with van der Waals surface area (Å²) in [7, 11) is 0. The Labute approximate surface area is 143 Å². The smallest absolute Gasteiger partial charge is 0.271 e. The lowest BCUT2D eigenvalue weighted by molar-refractivity contribution is -0.384. The number of hydrogen-bond donors (Lipinski definition) is 2. The number of phenols is 1. The summed E-state index contributed by atoms with van der Waals surface area (Å²) in [4.78, 5) is 22.1. The van der Waals surface area contributed by atoms with Crippen molar-refractivity contribution in [3.05, 3.63) is 63.7 Å². The van der Waals surface area contributed by atoms with Crippen molar-refractivity contribution in [2.24, 2.45) is 5.10 Å². The molecule has 0 spiro atoms. The van der Waals surface area contributed by atoms with Crippen LogP contribution in [-0.2, 0) is 0 Å². The van der Waals surface area contributed by atoms with E-state index in [2.05, 4.69) is 10.5 Å². The zero-order valence-corrected chi connectivity index (χ0v) is 13.5. The van der Waals surface area contributed by atoms with Crippen LogP contribution in [0.1, 0.15) is 29.3 Å². The molecule has 0 saturated heterocycles. The number of carbonyl (C=O) groups excluding carboxylic acids is 1. The second kappa shape index (κ2) is 8.44. The van der Waals surface area contributed by atoms with Gasteiger partial charge in [-0.05, 0) is 36.8 Å². The monoisotopic (exact) mass is 343 g/mol. The van der Waals surface area contributed by atoms with Gasteiger partial charge in [0.1, 0.15) is 11.5 Å². The van der Waals surface area contributed by atoms with Gasteiger partial charge < -0.3 is 9.84 Å². The SMILES string of the molecule is CCCOc1ccc(C(=O)N/N=C\c2cc([N+](=O)[O-])ccc2O)cc1. The standard InChI is InChI=1S/C17H17N3O5/c1-2-9-25-15-6-3-12(4-7-15)17(22)19-18-11-13-10-14(20(23)24)5-8-16(13)21/h3-8,10-11,21H,2,9H2,1H3,(H,19,22)/b18-11-. The first kappa shape index (κ1) is 17.9. The Balaban J connectivity index is 2.00. The van der Waals surface area contributed by atoms with Crippen molar-refractivity contribution in [2.75, 3.05) is 6.61 Å². The first-order chi connectivity index (χ1) is 12.0. The normalized spacial score (nSPS) is 10.6. The largest absolute Gasteiger partial charge is 0.507 e. The van der Waals surface area contributed by atoms with Gasteiger partial charge in [0.25, 0.3) is 11.6 Å². The second-order valence-electron chi connectivity index (χ2n) is 5.07. The fourth-order valence-corrected chi connectivity index (χ4v) is 1.91. The Hall–Kier alpha value is -3.42. The van der Waals surface area contributed by atoms with E-state index < -0.39 is 10.8 Å². The number of nitrogens with one attached hydrogen (secondary N) is 1. The Morgan fingerprint density at radius 3 is 2.68 bits per heavy atom. The van der Waals surface area contributed by atoms with Crippen molar-refractivity contribution < 1.29 is 19.6 Å². The average Bonchev–Trinajstić information content (AvgIpc) is 2.61. The molecule has 0 atom stereocenters. The third-order valence-electron chi connectivity index (χ3n) is 3.18. The molecular weight excluding hydrogens is 326 g/mol. The average molecular weight is 343 g/mol. The minimum atomic E-state index is -0.586. The molecule has 25 heavy (non-hydrogen) atoms. The second-order valence-corrected chi connectivity index (χ2v) is 5.07. The van der Waals surface area contributed by atoms with Crippen LogP contribution in [0.25, 0.3) is 0 Å². The van der Waals surface area contributed by atoms with Crippen LogP contribution in [0.4, 0.5) is 5.69 Å². The lowest BCUT2D eigenvalue weighted by atomic mass is 10.2. The number of nitro benzene ring substituents is 1. The van der Waals surface area contributed by atoms with Crippen molar-refractivity contribution in [1.82, 2.24) is 5.43 Å². The van der Waals surface area contributed by atoms with Crippen LogP contribution in [0.15, 0.2) is 47.6 Å². The van der Waals surface area contributed by atoms with Crippen LogP contribution in [0.2, 0.25) is 0 Å². The Morgan fingerprint density at radius 1 is 1.32 bits per heavy atom. The summed E-state index contributed by atoms with van der Waals surface area (Å²) in [5, 5.41) is 24.1. The van der Waals surface area contributed by atoms with Crippen molar-refractivity contribution in [3.8, 4) is 11.5 Å². The molecule has 0 heterocycles. The molecule has 0 unspecified atom stereocenters. The topological polar surface area (TPSA) is 114 Å². The molecule has 8 nitrogen and oxygen atoms in total. The molecule has 0 radical (unpaired) electrons. The highest BCUT2D eigenvalue weighted by molar-refractivity contribution is 5.95. The number of carbonyl (C=O) groups is 1. The fourth-order valence-electron chi connectivity index (χ4n) is 1.91. The number of non-ortho nitro benzene ring substituents is 1. The van der Waals surface area contributed by atoms with Crippen LogP contribution in [0.3, 0.4) is 0 Å². The van der Waals surface area contributed by atoms with E-state index in [0.29, 0.717) is 17.9 Å². The van der Waals surface area contributed by atoms with Gasteiger partial charge in [0.2, 0.25) is 0 Å². The van der Waals surface area contributed by atoms with E-state index in [4.69, 9.17) is 4.74 Å². The maximum absolute atomic E-state index is 12.0. The summed E-state index contributed by atoms with van der Waals surface area (Å²) < 4.78 is 5.43. The van der Waals surface area contributed by atoms with Gasteiger partial charge in [-0.25, -0.2) is 5.43 Å². The van der Waals surface area contributed by atoms with E-state index in [0.717, 1.165) is 18.7 Å². The summed E-state index contributed by atoms with van der Waals surface area (Å²) in [5.74, 6) is 0.0349. The van der Waals surface area contributed by atoms with E-state index >= 15 is 0 Å². The summed E-state index contributed by atoms with van der Waals surface area (Å²) >= 11 is 0. The maximum atomic E-state index is 12.0. The molecule has 0 fully saturated rings. The van der Waals surface area contributed by atoms with Crippen LogP contribution >= 0.6 is 0 Å². The predicted octanol–water partition coefficient (Wildman–Crippen LogP) is 2.85. The zero-order chi connectivity index (χ0) is 18.2. The van der Waals surface area contributed by atoms with Gasteiger partial charge >= 0.3 is 0 Å². The molecule has 2 aromatic carbocycles. The van der Waals surface area contributed by atoms with Crippen molar-refractivity contribution in [3.63, 3.8) is 0 Å². The zero-order valence-electron chi connectivity index (χ0n) is 13.5. The van der Waals surface area contributed by atoms with Gasteiger partial charge in [-0.3, -0.25) is 14.9 Å². The number of amides is 1. The minimum absolute atomic E-state index is 0.123. The number of hydrazone groups is 1. The lowest BCUT2D eigenvalue weighted by Crippen LogP contribution is -2.17. The molecule has 0 aromatic heterocycles. The summed E-state index contributed by atoms with van der Waals surface area (Å²) in [6.07, 6.45) is 2.03. The van der Waals surface area contributed by atoms with Crippen LogP contribution in [-0.4, -0.2) is 28.8 Å². The third-order valence-corrected chi connectivity index (χ3v) is 3.18. The molecule has 1 amide bonds. The van der Waals surface area contributed by atoms with E-state index in [9.17, 15) is 20.0 Å². The molecule has 0 bridgehead atoms. The first-order valence-electron chi connectivity index (χ1n) is 7.55. The van der Waals surface area contributed by atoms with Gasteiger partial charge in [0.05, 0.1) is 17.7 Å². The molecule has 8 heteroatoms. The van der Waals surface area contributed by atoms with E-state index in [1.165, 1.54) is 12.1 Å². The summed E-state index contributed by atoms with van der Waals surface area (Å²) in [6, 6.07) is 10.1. The van der Waals surface area contributed by atoms with Gasteiger partial charge in [-0.1, -0.05) is 6.92 Å². The molecule has 0 aliphatic rings. The number of nitrogens with zero attached hydrogens (tertiary/aromatic N) is 2. The predicted molar refractivity (Wildman–Crippen MR) is 92.0 cm³/mol. The molecule has 2 aromatic rings. The van der Waals surface area contributed by atoms with E-state index in [1.54, 1.807) is 24.3 Å². The number of aromatic hydroxyl groups is 1. The summed E-state index contributed by atoms with van der Waals surface area (Å²) in [5.41, 5.74) is 2.61. The number of nitro groups is 1. The highest BCUT2D eigenvalue weighted by atomic mass is 16.6. The lowest BCUT2D eigenvalue weighted by Gasteiger charge is -2.05. The number of hydrogen-bond acceptors (Lipinski definition) is 6. The highest BCUT2D eigenvalue weighted by Gasteiger charge is 2.09. The molecule has 2 N–H and O–H groups in total. The van der Waals surface area contributed by atoms with E-state index in [1.807, 2.05) is 6.92 Å². The fraction of sp³-hybridized carbons (Fsp3) is 0.176.